The summed E-state index contributed by atoms with van der Waals surface area (Å²) in [5.41, 5.74) is 7.35. The first-order valence-corrected chi connectivity index (χ1v) is 6.44. The molecule has 0 saturated heterocycles. The maximum atomic E-state index is 6.08. The molecule has 0 aliphatic rings. The summed E-state index contributed by atoms with van der Waals surface area (Å²) in [5.74, 6) is 0.892. The predicted molar refractivity (Wildman–Crippen MR) is 67.5 cm³/mol. The van der Waals surface area contributed by atoms with Crippen LogP contribution in [0.5, 0.6) is 5.75 Å². The first-order chi connectivity index (χ1) is 7.22. The van der Waals surface area contributed by atoms with Gasteiger partial charge >= 0.3 is 0 Å². The van der Waals surface area contributed by atoms with Crippen LogP contribution in [0.1, 0.15) is 24.2 Å². The third kappa shape index (κ3) is 3.14. The van der Waals surface area contributed by atoms with Crippen molar-refractivity contribution in [3.05, 3.63) is 29.8 Å². The van der Waals surface area contributed by atoms with Gasteiger partial charge in [0.1, 0.15) is 5.75 Å². The Labute approximate surface area is 96.2 Å². The fourth-order valence-corrected chi connectivity index (χ4v) is 2.54. The number of thioether (sulfide) groups is 1. The molecule has 15 heavy (non-hydrogen) atoms. The van der Waals surface area contributed by atoms with Crippen LogP contribution in [0.25, 0.3) is 0 Å². The van der Waals surface area contributed by atoms with Crippen LogP contribution in [0.3, 0.4) is 0 Å². The summed E-state index contributed by atoms with van der Waals surface area (Å²) in [4.78, 5) is 0. The number of hydrogen-bond donors (Lipinski definition) is 1. The van der Waals surface area contributed by atoms with E-state index in [1.54, 1.807) is 18.9 Å². The lowest BCUT2D eigenvalue weighted by Gasteiger charge is -2.21. The van der Waals surface area contributed by atoms with Crippen molar-refractivity contribution in [3.8, 4) is 5.75 Å². The minimum absolute atomic E-state index is 0.216. The molecule has 0 spiro atoms. The summed E-state index contributed by atoms with van der Waals surface area (Å²) in [5, 5.41) is 0.376. The highest BCUT2D eigenvalue weighted by Gasteiger charge is 2.16. The topological polar surface area (TPSA) is 35.2 Å². The highest BCUT2D eigenvalue weighted by Crippen LogP contribution is 2.31. The molecule has 2 atom stereocenters. The summed E-state index contributed by atoms with van der Waals surface area (Å²) >= 11 is 1.80. The second-order valence-electron chi connectivity index (χ2n) is 3.50. The molecule has 0 aliphatic carbocycles. The average molecular weight is 225 g/mol. The Morgan fingerprint density at radius 3 is 2.33 bits per heavy atom. The quantitative estimate of drug-likeness (QED) is 0.837. The standard InChI is InChI=1S/C12H19NOS/c1-4-11(13)12(15-3)9-5-7-10(14-2)8-6-9/h5-8,11-12H,4,13H2,1-3H3. The summed E-state index contributed by atoms with van der Waals surface area (Å²) in [6, 6.07) is 8.38. The van der Waals surface area contributed by atoms with Gasteiger partial charge in [-0.15, -0.1) is 0 Å². The van der Waals surface area contributed by atoms with Gasteiger partial charge in [0.15, 0.2) is 0 Å². The molecule has 1 aromatic rings. The van der Waals surface area contributed by atoms with Crippen molar-refractivity contribution in [3.63, 3.8) is 0 Å². The second kappa shape index (κ2) is 6.03. The molecule has 3 heteroatoms. The molecular weight excluding hydrogens is 206 g/mol. The van der Waals surface area contributed by atoms with Gasteiger partial charge in [-0.05, 0) is 30.4 Å². The maximum Gasteiger partial charge on any atom is 0.118 e. The van der Waals surface area contributed by atoms with Crippen LogP contribution >= 0.6 is 11.8 Å². The van der Waals surface area contributed by atoms with Crippen molar-refractivity contribution in [2.45, 2.75) is 24.6 Å². The van der Waals surface area contributed by atoms with E-state index in [0.717, 1.165) is 12.2 Å². The van der Waals surface area contributed by atoms with Gasteiger partial charge in [-0.2, -0.15) is 11.8 Å². The van der Waals surface area contributed by atoms with E-state index >= 15 is 0 Å². The first kappa shape index (κ1) is 12.4. The molecule has 2 unspecified atom stereocenters. The van der Waals surface area contributed by atoms with Gasteiger partial charge in [0.2, 0.25) is 0 Å². The predicted octanol–water partition coefficient (Wildman–Crippen LogP) is 2.84. The summed E-state index contributed by atoms with van der Waals surface area (Å²) in [6.07, 6.45) is 3.10. The monoisotopic (exact) mass is 225 g/mol. The van der Waals surface area contributed by atoms with Crippen molar-refractivity contribution in [1.82, 2.24) is 0 Å². The van der Waals surface area contributed by atoms with Crippen LogP contribution < -0.4 is 10.5 Å². The van der Waals surface area contributed by atoms with Gasteiger partial charge in [-0.1, -0.05) is 19.1 Å². The molecule has 0 amide bonds. The van der Waals surface area contributed by atoms with Crippen LogP contribution in [-0.4, -0.2) is 19.4 Å². The normalized spacial score (nSPS) is 14.7. The Hall–Kier alpha value is -0.670. The third-order valence-corrected chi connectivity index (χ3v) is 3.69. The lowest BCUT2D eigenvalue weighted by atomic mass is 10.0. The number of benzene rings is 1. The maximum absolute atomic E-state index is 6.08. The Morgan fingerprint density at radius 2 is 1.93 bits per heavy atom. The van der Waals surface area contributed by atoms with E-state index < -0.39 is 0 Å². The van der Waals surface area contributed by atoms with Crippen LogP contribution in [-0.2, 0) is 0 Å². The zero-order chi connectivity index (χ0) is 11.3. The van der Waals surface area contributed by atoms with Crippen LogP contribution in [0.4, 0.5) is 0 Å². The van der Waals surface area contributed by atoms with Crippen molar-refractivity contribution < 1.29 is 4.74 Å². The highest BCUT2D eigenvalue weighted by molar-refractivity contribution is 7.98. The van der Waals surface area contributed by atoms with Gasteiger partial charge in [-0.25, -0.2) is 0 Å². The summed E-state index contributed by atoms with van der Waals surface area (Å²) < 4.78 is 5.13. The molecule has 0 heterocycles. The lowest BCUT2D eigenvalue weighted by Crippen LogP contribution is -2.25. The smallest absolute Gasteiger partial charge is 0.118 e. The van der Waals surface area contributed by atoms with E-state index in [9.17, 15) is 0 Å². The molecule has 1 aromatic carbocycles. The van der Waals surface area contributed by atoms with Gasteiger partial charge in [0, 0.05) is 11.3 Å². The second-order valence-corrected chi connectivity index (χ2v) is 4.48. The van der Waals surface area contributed by atoms with Crippen LogP contribution in [0, 0.1) is 0 Å². The molecule has 84 valence electrons. The number of ether oxygens (including phenoxy) is 1. The average Bonchev–Trinajstić information content (AvgIpc) is 2.30. The molecule has 0 saturated carbocycles. The van der Waals surface area contributed by atoms with Crippen LogP contribution in [0.2, 0.25) is 0 Å². The largest absolute Gasteiger partial charge is 0.497 e. The Bertz CT molecular complexity index is 286. The number of hydrogen-bond acceptors (Lipinski definition) is 3. The zero-order valence-corrected chi connectivity index (χ0v) is 10.4. The minimum Gasteiger partial charge on any atom is -0.497 e. The van der Waals surface area contributed by atoms with Crippen molar-refractivity contribution >= 4 is 11.8 Å². The SMILES string of the molecule is CCC(N)C(SC)c1ccc(OC)cc1. The highest BCUT2D eigenvalue weighted by atomic mass is 32.2. The van der Waals surface area contributed by atoms with Crippen LogP contribution in [0.15, 0.2) is 24.3 Å². The molecular formula is C12H19NOS. The van der Waals surface area contributed by atoms with E-state index in [4.69, 9.17) is 10.5 Å². The van der Waals surface area contributed by atoms with Gasteiger partial charge < -0.3 is 10.5 Å². The molecule has 0 aromatic heterocycles. The zero-order valence-electron chi connectivity index (χ0n) is 9.57. The first-order valence-electron chi connectivity index (χ1n) is 5.15. The Balaban J connectivity index is 2.83. The van der Waals surface area contributed by atoms with Crippen molar-refractivity contribution in [2.24, 2.45) is 5.73 Å². The molecule has 2 N–H and O–H groups in total. The van der Waals surface area contributed by atoms with E-state index in [-0.39, 0.29) is 6.04 Å². The van der Waals surface area contributed by atoms with E-state index in [1.165, 1.54) is 5.56 Å². The fourth-order valence-electron chi connectivity index (χ4n) is 1.57. The van der Waals surface area contributed by atoms with E-state index in [1.807, 2.05) is 12.1 Å². The summed E-state index contributed by atoms with van der Waals surface area (Å²) in [6.45, 7) is 2.12. The fraction of sp³-hybridized carbons (Fsp3) is 0.500. The van der Waals surface area contributed by atoms with Gasteiger partial charge in [0.05, 0.1) is 7.11 Å². The minimum atomic E-state index is 0.216. The third-order valence-electron chi connectivity index (χ3n) is 2.56. The number of methoxy groups -OCH3 is 1. The van der Waals surface area contributed by atoms with Gasteiger partial charge in [0.25, 0.3) is 0 Å². The summed E-state index contributed by atoms with van der Waals surface area (Å²) in [7, 11) is 1.68. The molecule has 1 rings (SSSR count). The number of rotatable bonds is 5. The Morgan fingerprint density at radius 1 is 1.33 bits per heavy atom. The van der Waals surface area contributed by atoms with Gasteiger partial charge in [-0.3, -0.25) is 0 Å². The van der Waals surface area contributed by atoms with Crippen molar-refractivity contribution in [1.29, 1.82) is 0 Å². The number of nitrogens with two attached hydrogens (primary N) is 1. The lowest BCUT2D eigenvalue weighted by molar-refractivity contribution is 0.414. The molecule has 0 fully saturated rings. The molecule has 2 nitrogen and oxygen atoms in total. The van der Waals surface area contributed by atoms with Crippen molar-refractivity contribution in [2.75, 3.05) is 13.4 Å². The molecule has 0 aliphatic heterocycles. The van der Waals surface area contributed by atoms with E-state index in [2.05, 4.69) is 25.3 Å². The Kier molecular flexibility index (Phi) is 4.99. The molecule has 0 bridgehead atoms. The van der Waals surface area contributed by atoms with E-state index in [0.29, 0.717) is 5.25 Å². The molecule has 0 radical (unpaired) electrons.